The van der Waals surface area contributed by atoms with Crippen LogP contribution < -0.4 is 0 Å². The lowest BCUT2D eigenvalue weighted by Gasteiger charge is -2.14. The molecule has 29 heavy (non-hydrogen) atoms. The van der Waals surface area contributed by atoms with Crippen molar-refractivity contribution in [1.82, 2.24) is 4.98 Å². The predicted octanol–water partition coefficient (Wildman–Crippen LogP) is 2.95. The fraction of sp³-hybridized carbons (Fsp3) is 0.100. The topological polar surface area (TPSA) is 126 Å². The maximum absolute atomic E-state index is 13.3. The number of rotatable bonds is 5. The largest absolute Gasteiger partial charge is 0.465 e. The number of hydrogen-bond donors (Lipinski definition) is 0. The van der Waals surface area contributed by atoms with E-state index < -0.39 is 22.6 Å². The first-order valence-corrected chi connectivity index (χ1v) is 8.27. The van der Waals surface area contributed by atoms with E-state index in [-0.39, 0.29) is 28.1 Å². The van der Waals surface area contributed by atoms with E-state index in [0.29, 0.717) is 10.9 Å². The number of carbonyl (C=O) groups excluding carboxylic acids is 3. The highest BCUT2D eigenvalue weighted by molar-refractivity contribution is 6.23. The summed E-state index contributed by atoms with van der Waals surface area (Å²) >= 11 is 0. The second-order valence-corrected chi connectivity index (χ2v) is 5.84. The molecule has 0 N–H and O–H groups in total. The molecule has 0 bridgehead atoms. The number of nitro groups is 1. The van der Waals surface area contributed by atoms with E-state index in [9.17, 15) is 24.5 Å². The maximum atomic E-state index is 13.3. The Labute approximate surface area is 164 Å². The quantitative estimate of drug-likeness (QED) is 0.280. The Hall–Kier alpha value is -4.14. The summed E-state index contributed by atoms with van der Waals surface area (Å²) in [5, 5.41) is 11.2. The zero-order chi connectivity index (χ0) is 21.1. The molecule has 9 heteroatoms. The van der Waals surface area contributed by atoms with Gasteiger partial charge in [-0.25, -0.2) is 14.6 Å². The Morgan fingerprint density at radius 3 is 2.10 bits per heavy atom. The van der Waals surface area contributed by atoms with Gasteiger partial charge in [0, 0.05) is 28.6 Å². The average molecular weight is 394 g/mol. The van der Waals surface area contributed by atoms with Crippen molar-refractivity contribution in [2.45, 2.75) is 0 Å². The Balaban J connectivity index is 2.34. The second kappa shape index (κ2) is 7.85. The predicted molar refractivity (Wildman–Crippen MR) is 101 cm³/mol. The van der Waals surface area contributed by atoms with Crippen molar-refractivity contribution in [3.8, 4) is 0 Å². The van der Waals surface area contributed by atoms with Crippen LogP contribution >= 0.6 is 0 Å². The van der Waals surface area contributed by atoms with Gasteiger partial charge in [-0.15, -0.1) is 0 Å². The number of carbonyl (C=O) groups is 3. The molecule has 0 aliphatic rings. The first kappa shape index (κ1) is 19.6. The average Bonchev–Trinajstić information content (AvgIpc) is 2.76. The third-order valence-corrected chi connectivity index (χ3v) is 4.23. The van der Waals surface area contributed by atoms with E-state index in [1.165, 1.54) is 24.3 Å². The van der Waals surface area contributed by atoms with E-state index in [1.807, 2.05) is 0 Å². The molecule has 3 rings (SSSR count). The van der Waals surface area contributed by atoms with Crippen molar-refractivity contribution in [2.24, 2.45) is 0 Å². The Kier molecular flexibility index (Phi) is 5.31. The minimum Gasteiger partial charge on any atom is -0.465 e. The summed E-state index contributed by atoms with van der Waals surface area (Å²) in [6.45, 7) is 0. The summed E-state index contributed by atoms with van der Waals surface area (Å²) in [6, 6.07) is 11.4. The molecule has 0 fully saturated rings. The summed E-state index contributed by atoms with van der Waals surface area (Å²) in [6.07, 6.45) is 0. The molecule has 2 aromatic carbocycles. The number of non-ortho nitro benzene ring substituents is 1. The van der Waals surface area contributed by atoms with Crippen molar-refractivity contribution in [3.63, 3.8) is 0 Å². The number of hydrogen-bond acceptors (Lipinski definition) is 8. The highest BCUT2D eigenvalue weighted by Gasteiger charge is 2.30. The van der Waals surface area contributed by atoms with Gasteiger partial charge in [0.25, 0.3) is 5.69 Å². The number of esters is 2. The minimum atomic E-state index is -0.936. The van der Waals surface area contributed by atoms with Gasteiger partial charge in [0.1, 0.15) is 5.56 Å². The molecule has 0 saturated heterocycles. The van der Waals surface area contributed by atoms with Gasteiger partial charge in [-0.1, -0.05) is 18.2 Å². The lowest BCUT2D eigenvalue weighted by atomic mass is 9.93. The van der Waals surface area contributed by atoms with Gasteiger partial charge in [-0.05, 0) is 18.2 Å². The second-order valence-electron chi connectivity index (χ2n) is 5.84. The van der Waals surface area contributed by atoms with E-state index >= 15 is 0 Å². The summed E-state index contributed by atoms with van der Waals surface area (Å²) < 4.78 is 9.48. The molecule has 0 amide bonds. The third kappa shape index (κ3) is 3.53. The molecule has 0 unspecified atom stereocenters. The molecular weight excluding hydrogens is 380 g/mol. The number of ether oxygens (including phenoxy) is 2. The van der Waals surface area contributed by atoms with Crippen LogP contribution in [0.2, 0.25) is 0 Å². The molecule has 1 aromatic heterocycles. The molecule has 0 atom stereocenters. The van der Waals surface area contributed by atoms with Crippen LogP contribution in [-0.4, -0.2) is 41.8 Å². The monoisotopic (exact) mass is 394 g/mol. The van der Waals surface area contributed by atoms with E-state index in [0.717, 1.165) is 14.2 Å². The SMILES string of the molecule is COC(=O)c1nc2ccccc2c(C(=O)c2ccc([N+](=O)[O-])cc2)c1C(=O)OC. The van der Waals surface area contributed by atoms with Gasteiger partial charge in [-0.2, -0.15) is 0 Å². The van der Waals surface area contributed by atoms with Crippen LogP contribution in [0, 0.1) is 10.1 Å². The number of nitrogens with zero attached hydrogens (tertiary/aromatic N) is 2. The number of ketones is 1. The van der Waals surface area contributed by atoms with Crippen LogP contribution in [-0.2, 0) is 9.47 Å². The zero-order valence-electron chi connectivity index (χ0n) is 15.4. The molecule has 146 valence electrons. The van der Waals surface area contributed by atoms with Crippen LogP contribution in [0.1, 0.15) is 36.8 Å². The van der Waals surface area contributed by atoms with Gasteiger partial charge in [-0.3, -0.25) is 14.9 Å². The molecule has 3 aromatic rings. The molecule has 0 spiro atoms. The Morgan fingerprint density at radius 2 is 1.52 bits per heavy atom. The van der Waals surface area contributed by atoms with Gasteiger partial charge in [0.05, 0.1) is 24.7 Å². The van der Waals surface area contributed by atoms with Crippen LogP contribution in [0.5, 0.6) is 0 Å². The smallest absolute Gasteiger partial charge is 0.357 e. The highest BCUT2D eigenvalue weighted by Crippen LogP contribution is 2.28. The molecule has 0 aliphatic heterocycles. The van der Waals surface area contributed by atoms with Gasteiger partial charge >= 0.3 is 11.9 Å². The fourth-order valence-corrected chi connectivity index (χ4v) is 2.87. The third-order valence-electron chi connectivity index (χ3n) is 4.23. The fourth-order valence-electron chi connectivity index (χ4n) is 2.87. The molecule has 9 nitrogen and oxygen atoms in total. The first-order valence-electron chi connectivity index (χ1n) is 8.27. The van der Waals surface area contributed by atoms with Crippen molar-refractivity contribution in [3.05, 3.63) is 81.0 Å². The standard InChI is InChI=1S/C20H14N2O7/c1-28-19(24)16-15(18(23)11-7-9-12(10-8-11)22(26)27)13-5-3-4-6-14(13)21-17(16)20(25)29-2/h3-10H,1-2H3. The maximum Gasteiger partial charge on any atom is 0.357 e. The minimum absolute atomic E-state index is 0.0907. The Morgan fingerprint density at radius 1 is 0.897 bits per heavy atom. The normalized spacial score (nSPS) is 10.4. The summed E-state index contributed by atoms with van der Waals surface area (Å²) in [5.41, 5.74) is -0.593. The van der Waals surface area contributed by atoms with Crippen molar-refractivity contribution >= 4 is 34.3 Å². The van der Waals surface area contributed by atoms with Crippen LogP contribution in [0.4, 0.5) is 5.69 Å². The summed E-state index contributed by atoms with van der Waals surface area (Å²) in [4.78, 5) is 52.5. The molecule has 0 radical (unpaired) electrons. The van der Waals surface area contributed by atoms with Crippen molar-refractivity contribution < 1.29 is 28.8 Å². The van der Waals surface area contributed by atoms with E-state index in [1.54, 1.807) is 24.3 Å². The summed E-state index contributed by atoms with van der Waals surface area (Å²) in [5.74, 6) is -2.47. The molecule has 1 heterocycles. The number of fused-ring (bicyclic) bond motifs is 1. The number of methoxy groups -OCH3 is 2. The lowest BCUT2D eigenvalue weighted by molar-refractivity contribution is -0.384. The first-order chi connectivity index (χ1) is 13.9. The van der Waals surface area contributed by atoms with E-state index in [4.69, 9.17) is 9.47 Å². The molecule has 0 aliphatic carbocycles. The molecule has 0 saturated carbocycles. The van der Waals surface area contributed by atoms with Crippen molar-refractivity contribution in [1.29, 1.82) is 0 Å². The number of nitro benzene ring substituents is 1. The van der Waals surface area contributed by atoms with Crippen LogP contribution in [0.25, 0.3) is 10.9 Å². The van der Waals surface area contributed by atoms with Crippen LogP contribution in [0.3, 0.4) is 0 Å². The van der Waals surface area contributed by atoms with Gasteiger partial charge in [0.15, 0.2) is 11.5 Å². The summed E-state index contributed by atoms with van der Waals surface area (Å²) in [7, 11) is 2.23. The Bertz CT molecular complexity index is 1150. The van der Waals surface area contributed by atoms with Crippen LogP contribution in [0.15, 0.2) is 48.5 Å². The molecular formula is C20H14N2O7. The number of para-hydroxylation sites is 1. The zero-order valence-corrected chi connectivity index (χ0v) is 15.4. The highest BCUT2D eigenvalue weighted by atomic mass is 16.6. The lowest BCUT2D eigenvalue weighted by Crippen LogP contribution is -2.20. The number of aromatic nitrogens is 1. The van der Waals surface area contributed by atoms with Gasteiger partial charge in [0.2, 0.25) is 0 Å². The number of benzene rings is 2. The number of pyridine rings is 1. The van der Waals surface area contributed by atoms with Crippen molar-refractivity contribution in [2.75, 3.05) is 14.2 Å². The van der Waals surface area contributed by atoms with Gasteiger partial charge < -0.3 is 9.47 Å². The van der Waals surface area contributed by atoms with E-state index in [2.05, 4.69) is 4.98 Å².